The highest BCUT2D eigenvalue weighted by Crippen LogP contribution is 2.30. The van der Waals surface area contributed by atoms with Crippen molar-refractivity contribution < 1.29 is 9.53 Å². The van der Waals surface area contributed by atoms with Crippen LogP contribution in [0.4, 0.5) is 5.69 Å². The largest absolute Gasteiger partial charge is 0.379 e. The van der Waals surface area contributed by atoms with Gasteiger partial charge in [-0.15, -0.1) is 10.2 Å². The normalized spacial score (nSPS) is 14.4. The van der Waals surface area contributed by atoms with Gasteiger partial charge in [0.15, 0.2) is 11.0 Å². The summed E-state index contributed by atoms with van der Waals surface area (Å²) in [5.74, 6) is 0.997. The van der Waals surface area contributed by atoms with E-state index in [9.17, 15) is 4.79 Å². The fraction of sp³-hybridized carbons (Fsp3) is 0.240. The van der Waals surface area contributed by atoms with Crippen LogP contribution in [0.5, 0.6) is 0 Å². The lowest BCUT2D eigenvalue weighted by molar-refractivity contribution is -0.113. The number of rotatable bonds is 7. The molecule has 1 fully saturated rings. The predicted octanol–water partition coefficient (Wildman–Crippen LogP) is 4.75. The van der Waals surface area contributed by atoms with Gasteiger partial charge in [-0.2, -0.15) is 0 Å². The average molecular weight is 538 g/mol. The number of morpholine rings is 1. The van der Waals surface area contributed by atoms with Gasteiger partial charge in [-0.1, -0.05) is 70.2 Å². The van der Waals surface area contributed by atoms with Crippen LogP contribution >= 0.6 is 27.7 Å². The van der Waals surface area contributed by atoms with Gasteiger partial charge in [-0.3, -0.25) is 14.3 Å². The highest BCUT2D eigenvalue weighted by Gasteiger charge is 2.20. The number of hydrogen-bond donors (Lipinski definition) is 1. The van der Waals surface area contributed by atoms with E-state index in [4.69, 9.17) is 4.74 Å². The highest BCUT2D eigenvalue weighted by atomic mass is 79.9. The Labute approximate surface area is 210 Å². The third kappa shape index (κ3) is 5.17. The number of nitrogens with zero attached hydrogens (tertiary/aromatic N) is 4. The molecule has 0 aliphatic carbocycles. The number of fused-ring (bicyclic) bond motifs is 1. The van der Waals surface area contributed by atoms with Crippen LogP contribution in [0.3, 0.4) is 0 Å². The molecule has 1 amide bonds. The zero-order valence-electron chi connectivity index (χ0n) is 18.5. The second-order valence-electron chi connectivity index (χ2n) is 7.94. The van der Waals surface area contributed by atoms with Crippen molar-refractivity contribution in [1.29, 1.82) is 0 Å². The molecular weight excluding hydrogens is 514 g/mol. The number of para-hydroxylation sites is 1. The average Bonchev–Trinajstić information content (AvgIpc) is 3.28. The maximum atomic E-state index is 12.9. The maximum absolute atomic E-state index is 12.9. The Balaban J connectivity index is 1.33. The first-order chi connectivity index (χ1) is 16.7. The lowest BCUT2D eigenvalue weighted by Gasteiger charge is -2.26. The first-order valence-corrected chi connectivity index (χ1v) is 12.9. The molecule has 1 saturated heterocycles. The van der Waals surface area contributed by atoms with Crippen LogP contribution in [0.25, 0.3) is 16.5 Å². The van der Waals surface area contributed by atoms with Crippen molar-refractivity contribution in [1.82, 2.24) is 19.7 Å². The molecule has 4 aromatic rings. The monoisotopic (exact) mass is 537 g/mol. The van der Waals surface area contributed by atoms with E-state index in [1.54, 1.807) is 0 Å². The van der Waals surface area contributed by atoms with E-state index in [0.29, 0.717) is 11.7 Å². The number of carbonyl (C=O) groups is 1. The highest BCUT2D eigenvalue weighted by molar-refractivity contribution is 9.10. The van der Waals surface area contributed by atoms with Gasteiger partial charge >= 0.3 is 0 Å². The van der Waals surface area contributed by atoms with Gasteiger partial charge in [0.05, 0.1) is 25.5 Å². The van der Waals surface area contributed by atoms with Crippen molar-refractivity contribution in [3.63, 3.8) is 0 Å². The minimum absolute atomic E-state index is 0.0881. The van der Waals surface area contributed by atoms with E-state index in [1.165, 1.54) is 11.8 Å². The molecule has 5 rings (SSSR count). The molecule has 1 aliphatic rings. The second kappa shape index (κ2) is 10.7. The second-order valence-corrected chi connectivity index (χ2v) is 9.73. The first-order valence-electron chi connectivity index (χ1n) is 11.1. The van der Waals surface area contributed by atoms with Crippen LogP contribution in [-0.4, -0.2) is 57.6 Å². The third-order valence-corrected chi connectivity index (χ3v) is 7.28. The lowest BCUT2D eigenvalue weighted by atomic mass is 10.1. The SMILES string of the molecule is O=C(CSc1nnc(CN2CCOCC2)n1-c1ccccc1)Nc1ccc(Br)c2ccccc12. The van der Waals surface area contributed by atoms with E-state index in [2.05, 4.69) is 36.3 Å². The van der Waals surface area contributed by atoms with Gasteiger partial charge < -0.3 is 10.1 Å². The molecule has 2 heterocycles. The molecule has 34 heavy (non-hydrogen) atoms. The fourth-order valence-corrected chi connectivity index (χ4v) is 5.23. The van der Waals surface area contributed by atoms with E-state index >= 15 is 0 Å². The Bertz CT molecular complexity index is 1290. The van der Waals surface area contributed by atoms with E-state index in [1.807, 2.05) is 71.3 Å². The fourth-order valence-electron chi connectivity index (χ4n) is 3.98. The number of ether oxygens (including phenoxy) is 1. The summed E-state index contributed by atoms with van der Waals surface area (Å²) in [6.07, 6.45) is 0. The van der Waals surface area contributed by atoms with Crippen LogP contribution in [0.15, 0.2) is 76.4 Å². The maximum Gasteiger partial charge on any atom is 0.234 e. The van der Waals surface area contributed by atoms with Crippen LogP contribution in [-0.2, 0) is 16.1 Å². The molecule has 0 saturated carbocycles. The van der Waals surface area contributed by atoms with E-state index < -0.39 is 0 Å². The van der Waals surface area contributed by atoms with Crippen molar-refractivity contribution in [2.75, 3.05) is 37.4 Å². The Morgan fingerprint density at radius 1 is 0.971 bits per heavy atom. The third-order valence-electron chi connectivity index (χ3n) is 5.66. The van der Waals surface area contributed by atoms with Crippen LogP contribution in [0, 0.1) is 0 Å². The molecule has 174 valence electrons. The molecule has 1 aliphatic heterocycles. The van der Waals surface area contributed by atoms with Crippen molar-refractivity contribution in [3.8, 4) is 5.69 Å². The minimum atomic E-state index is -0.0881. The van der Waals surface area contributed by atoms with Gasteiger partial charge in [0, 0.05) is 34.3 Å². The summed E-state index contributed by atoms with van der Waals surface area (Å²) < 4.78 is 8.51. The summed E-state index contributed by atoms with van der Waals surface area (Å²) >= 11 is 4.97. The number of carbonyl (C=O) groups excluding carboxylic acids is 1. The number of amides is 1. The van der Waals surface area contributed by atoms with Gasteiger partial charge in [-0.25, -0.2) is 0 Å². The van der Waals surface area contributed by atoms with Gasteiger partial charge in [0.2, 0.25) is 5.91 Å². The summed E-state index contributed by atoms with van der Waals surface area (Å²) in [5.41, 5.74) is 1.78. The predicted molar refractivity (Wildman–Crippen MR) is 138 cm³/mol. The molecule has 9 heteroatoms. The molecule has 3 aromatic carbocycles. The van der Waals surface area contributed by atoms with Crippen LogP contribution in [0.1, 0.15) is 5.82 Å². The Morgan fingerprint density at radius 2 is 1.71 bits per heavy atom. The summed E-state index contributed by atoms with van der Waals surface area (Å²) in [5, 5.41) is 14.7. The zero-order chi connectivity index (χ0) is 23.3. The molecule has 0 radical (unpaired) electrons. The molecule has 1 aromatic heterocycles. The van der Waals surface area contributed by atoms with Crippen LogP contribution < -0.4 is 5.32 Å². The summed E-state index contributed by atoms with van der Waals surface area (Å²) in [6, 6.07) is 21.9. The Hall–Kier alpha value is -2.72. The Kier molecular flexibility index (Phi) is 7.24. The molecule has 0 atom stereocenters. The number of halogens is 1. The summed E-state index contributed by atoms with van der Waals surface area (Å²) in [7, 11) is 0. The van der Waals surface area contributed by atoms with Gasteiger partial charge in [0.25, 0.3) is 0 Å². The van der Waals surface area contributed by atoms with Gasteiger partial charge in [0.1, 0.15) is 0 Å². The van der Waals surface area contributed by atoms with Crippen molar-refractivity contribution in [3.05, 3.63) is 77.0 Å². The number of benzene rings is 3. The number of anilines is 1. The van der Waals surface area contributed by atoms with Crippen molar-refractivity contribution >= 4 is 50.1 Å². The summed E-state index contributed by atoms with van der Waals surface area (Å²) in [4.78, 5) is 15.2. The topological polar surface area (TPSA) is 72.3 Å². The molecule has 7 nitrogen and oxygen atoms in total. The minimum Gasteiger partial charge on any atom is -0.379 e. The molecule has 0 bridgehead atoms. The number of aromatic nitrogens is 3. The number of thioether (sulfide) groups is 1. The quantitative estimate of drug-likeness (QED) is 0.343. The first kappa shape index (κ1) is 23.0. The van der Waals surface area contributed by atoms with Crippen molar-refractivity contribution in [2.24, 2.45) is 0 Å². The Morgan fingerprint density at radius 3 is 2.50 bits per heavy atom. The molecule has 0 spiro atoms. The van der Waals surface area contributed by atoms with Crippen LogP contribution in [0.2, 0.25) is 0 Å². The van der Waals surface area contributed by atoms with E-state index in [-0.39, 0.29) is 11.7 Å². The van der Waals surface area contributed by atoms with Gasteiger partial charge in [-0.05, 0) is 29.7 Å². The molecule has 1 N–H and O–H groups in total. The molecule has 0 unspecified atom stereocenters. The number of nitrogens with one attached hydrogen (secondary N) is 1. The molecular formula is C25H24BrN5O2S. The zero-order valence-corrected chi connectivity index (χ0v) is 20.9. The standard InChI is InChI=1S/C25H24BrN5O2S/c26-21-10-11-22(20-9-5-4-8-19(20)21)27-24(32)17-34-25-29-28-23(16-30-12-14-33-15-13-30)31(25)18-6-2-1-3-7-18/h1-11H,12-17H2,(H,27,32). The number of hydrogen-bond acceptors (Lipinski definition) is 6. The summed E-state index contributed by atoms with van der Waals surface area (Å²) in [6.45, 7) is 3.88. The van der Waals surface area contributed by atoms with Crippen molar-refractivity contribution in [2.45, 2.75) is 11.7 Å². The smallest absolute Gasteiger partial charge is 0.234 e. The van der Waals surface area contributed by atoms with E-state index in [0.717, 1.165) is 58.7 Å². The lowest BCUT2D eigenvalue weighted by Crippen LogP contribution is -2.36.